The molecule has 18 heavy (non-hydrogen) atoms. The standard InChI is InChI=1S/C10H11N5O3/c1-6-14-9(18-15-6)5-13-8-4-11-7(3-12-8)10(16)17-2/h3-4H,5H2,1-2H3,(H,12,13). The first kappa shape index (κ1) is 12.0. The van der Waals surface area contributed by atoms with E-state index in [9.17, 15) is 4.79 Å². The third-order valence-electron chi connectivity index (χ3n) is 2.04. The summed E-state index contributed by atoms with van der Waals surface area (Å²) in [5.74, 6) is 0.991. The lowest BCUT2D eigenvalue weighted by atomic mass is 10.4. The van der Waals surface area contributed by atoms with Crippen LogP contribution < -0.4 is 5.32 Å². The number of aryl methyl sites for hydroxylation is 1. The molecule has 94 valence electrons. The average molecular weight is 249 g/mol. The van der Waals surface area contributed by atoms with E-state index in [2.05, 4.69) is 30.2 Å². The van der Waals surface area contributed by atoms with E-state index in [0.717, 1.165) is 0 Å². The molecule has 0 spiro atoms. The summed E-state index contributed by atoms with van der Waals surface area (Å²) < 4.78 is 9.43. The van der Waals surface area contributed by atoms with Crippen molar-refractivity contribution >= 4 is 11.8 Å². The van der Waals surface area contributed by atoms with Crippen LogP contribution in [-0.4, -0.2) is 33.2 Å². The zero-order chi connectivity index (χ0) is 13.0. The van der Waals surface area contributed by atoms with Gasteiger partial charge in [-0.1, -0.05) is 5.16 Å². The van der Waals surface area contributed by atoms with Crippen LogP contribution in [0, 0.1) is 6.92 Å². The lowest BCUT2D eigenvalue weighted by molar-refractivity contribution is 0.0593. The molecule has 2 heterocycles. The van der Waals surface area contributed by atoms with Crippen molar-refractivity contribution in [3.8, 4) is 0 Å². The van der Waals surface area contributed by atoms with Gasteiger partial charge in [-0.15, -0.1) is 0 Å². The van der Waals surface area contributed by atoms with Crippen LogP contribution >= 0.6 is 0 Å². The molecule has 0 aliphatic rings. The molecule has 2 aromatic heterocycles. The third kappa shape index (κ3) is 2.78. The molecule has 0 bridgehead atoms. The van der Waals surface area contributed by atoms with Gasteiger partial charge in [0.15, 0.2) is 11.5 Å². The van der Waals surface area contributed by atoms with Crippen LogP contribution in [-0.2, 0) is 11.3 Å². The van der Waals surface area contributed by atoms with E-state index in [0.29, 0.717) is 24.1 Å². The fraction of sp³-hybridized carbons (Fsp3) is 0.300. The fourth-order valence-electron chi connectivity index (χ4n) is 1.21. The number of aromatic nitrogens is 4. The Morgan fingerprint density at radius 3 is 2.83 bits per heavy atom. The van der Waals surface area contributed by atoms with E-state index >= 15 is 0 Å². The molecule has 0 aliphatic carbocycles. The molecule has 8 heteroatoms. The molecule has 1 N–H and O–H groups in total. The Morgan fingerprint density at radius 2 is 2.28 bits per heavy atom. The van der Waals surface area contributed by atoms with Crippen LogP contribution in [0.4, 0.5) is 5.82 Å². The van der Waals surface area contributed by atoms with Crippen molar-refractivity contribution in [3.63, 3.8) is 0 Å². The Morgan fingerprint density at radius 1 is 1.44 bits per heavy atom. The molecular weight excluding hydrogens is 238 g/mol. The van der Waals surface area contributed by atoms with Gasteiger partial charge in [-0.25, -0.2) is 14.8 Å². The smallest absolute Gasteiger partial charge is 0.358 e. The Bertz CT molecular complexity index is 537. The van der Waals surface area contributed by atoms with Gasteiger partial charge in [0.05, 0.1) is 26.0 Å². The molecule has 8 nitrogen and oxygen atoms in total. The number of esters is 1. The van der Waals surface area contributed by atoms with Crippen LogP contribution in [0.1, 0.15) is 22.2 Å². The summed E-state index contributed by atoms with van der Waals surface area (Å²) >= 11 is 0. The number of nitrogens with zero attached hydrogens (tertiary/aromatic N) is 4. The normalized spacial score (nSPS) is 10.1. The van der Waals surface area contributed by atoms with Gasteiger partial charge in [0, 0.05) is 0 Å². The van der Waals surface area contributed by atoms with Crippen molar-refractivity contribution in [2.24, 2.45) is 0 Å². The van der Waals surface area contributed by atoms with Crippen molar-refractivity contribution in [2.75, 3.05) is 12.4 Å². The van der Waals surface area contributed by atoms with Crippen molar-refractivity contribution in [1.82, 2.24) is 20.1 Å². The van der Waals surface area contributed by atoms with Crippen molar-refractivity contribution < 1.29 is 14.1 Å². The fourth-order valence-corrected chi connectivity index (χ4v) is 1.21. The molecule has 0 saturated carbocycles. The molecule has 0 fully saturated rings. The monoisotopic (exact) mass is 249 g/mol. The first-order valence-electron chi connectivity index (χ1n) is 5.12. The molecule has 0 amide bonds. The molecule has 0 aliphatic heterocycles. The zero-order valence-corrected chi connectivity index (χ0v) is 9.88. The number of carbonyl (C=O) groups excluding carboxylic acids is 1. The number of hydrogen-bond acceptors (Lipinski definition) is 8. The summed E-state index contributed by atoms with van der Waals surface area (Å²) in [5.41, 5.74) is 0.150. The van der Waals surface area contributed by atoms with E-state index in [1.807, 2.05) is 0 Å². The summed E-state index contributed by atoms with van der Waals surface area (Å²) in [5, 5.41) is 6.59. The predicted octanol–water partition coefficient (Wildman–Crippen LogP) is 0.567. The van der Waals surface area contributed by atoms with Crippen LogP contribution in [0.25, 0.3) is 0 Å². The summed E-state index contributed by atoms with van der Waals surface area (Å²) in [4.78, 5) is 23.1. The van der Waals surface area contributed by atoms with E-state index < -0.39 is 5.97 Å². The molecule has 0 unspecified atom stereocenters. The molecule has 2 aromatic rings. The Kier molecular flexibility index (Phi) is 3.46. The zero-order valence-electron chi connectivity index (χ0n) is 9.88. The SMILES string of the molecule is COC(=O)c1cnc(NCc2nc(C)no2)cn1. The minimum atomic E-state index is -0.526. The number of rotatable bonds is 4. The van der Waals surface area contributed by atoms with Crippen molar-refractivity contribution in [2.45, 2.75) is 13.5 Å². The summed E-state index contributed by atoms with van der Waals surface area (Å²) in [6.45, 7) is 2.07. The van der Waals surface area contributed by atoms with E-state index in [4.69, 9.17) is 4.52 Å². The quantitative estimate of drug-likeness (QED) is 0.784. The maximum Gasteiger partial charge on any atom is 0.358 e. The van der Waals surface area contributed by atoms with Gasteiger partial charge in [-0.05, 0) is 6.92 Å². The minimum absolute atomic E-state index is 0.150. The first-order valence-corrected chi connectivity index (χ1v) is 5.12. The second-order valence-corrected chi connectivity index (χ2v) is 3.37. The molecule has 0 atom stereocenters. The maximum atomic E-state index is 11.1. The summed E-state index contributed by atoms with van der Waals surface area (Å²) in [6, 6.07) is 0. The second-order valence-electron chi connectivity index (χ2n) is 3.37. The van der Waals surface area contributed by atoms with Gasteiger partial charge in [0.2, 0.25) is 5.89 Å². The maximum absolute atomic E-state index is 11.1. The van der Waals surface area contributed by atoms with Crippen molar-refractivity contribution in [1.29, 1.82) is 0 Å². The number of methoxy groups -OCH3 is 1. The van der Waals surface area contributed by atoms with E-state index in [1.54, 1.807) is 6.92 Å². The van der Waals surface area contributed by atoms with Crippen LogP contribution in [0.3, 0.4) is 0 Å². The molecule has 0 saturated heterocycles. The highest BCUT2D eigenvalue weighted by molar-refractivity contribution is 5.86. The Hall–Kier alpha value is -2.51. The lowest BCUT2D eigenvalue weighted by Crippen LogP contribution is -2.07. The topological polar surface area (TPSA) is 103 Å². The Labute approximate surface area is 102 Å². The number of ether oxygens (including phenoxy) is 1. The Balaban J connectivity index is 1.96. The van der Waals surface area contributed by atoms with Crippen LogP contribution in [0.5, 0.6) is 0 Å². The summed E-state index contributed by atoms with van der Waals surface area (Å²) in [6.07, 6.45) is 2.75. The highest BCUT2D eigenvalue weighted by Crippen LogP contribution is 2.04. The van der Waals surface area contributed by atoms with Gasteiger partial charge in [-0.3, -0.25) is 0 Å². The first-order chi connectivity index (χ1) is 8.69. The van der Waals surface area contributed by atoms with Gasteiger partial charge in [0.25, 0.3) is 0 Å². The van der Waals surface area contributed by atoms with E-state index in [-0.39, 0.29) is 5.69 Å². The molecular formula is C10H11N5O3. The number of hydrogen-bond donors (Lipinski definition) is 1. The highest BCUT2D eigenvalue weighted by Gasteiger charge is 2.08. The average Bonchev–Trinajstić information content (AvgIpc) is 2.82. The van der Waals surface area contributed by atoms with Gasteiger partial charge >= 0.3 is 5.97 Å². The number of carbonyl (C=O) groups is 1. The number of nitrogens with one attached hydrogen (secondary N) is 1. The van der Waals surface area contributed by atoms with Crippen molar-refractivity contribution in [3.05, 3.63) is 29.8 Å². The summed E-state index contributed by atoms with van der Waals surface area (Å²) in [7, 11) is 1.29. The van der Waals surface area contributed by atoms with Gasteiger partial charge in [-0.2, -0.15) is 4.98 Å². The van der Waals surface area contributed by atoms with Crippen LogP contribution in [0.15, 0.2) is 16.9 Å². The predicted molar refractivity (Wildman–Crippen MR) is 59.7 cm³/mol. The largest absolute Gasteiger partial charge is 0.464 e. The van der Waals surface area contributed by atoms with E-state index in [1.165, 1.54) is 19.5 Å². The lowest BCUT2D eigenvalue weighted by Gasteiger charge is -2.02. The third-order valence-corrected chi connectivity index (χ3v) is 2.04. The second kappa shape index (κ2) is 5.21. The highest BCUT2D eigenvalue weighted by atomic mass is 16.5. The molecule has 0 aromatic carbocycles. The molecule has 0 radical (unpaired) electrons. The van der Waals surface area contributed by atoms with Gasteiger partial charge < -0.3 is 14.6 Å². The van der Waals surface area contributed by atoms with Gasteiger partial charge in [0.1, 0.15) is 5.82 Å². The molecule has 2 rings (SSSR count). The number of anilines is 1. The minimum Gasteiger partial charge on any atom is -0.464 e. The van der Waals surface area contributed by atoms with Crippen LogP contribution in [0.2, 0.25) is 0 Å².